The number of hydrogen-bond acceptors (Lipinski definition) is 1. The number of aliphatic hydroxyl groups is 1. The predicted molar refractivity (Wildman–Crippen MR) is 43.5 cm³/mol. The van der Waals surface area contributed by atoms with Gasteiger partial charge in [0.1, 0.15) is 0 Å². The maximum Gasteiger partial charge on any atom is 0.0722 e. The topological polar surface area (TPSA) is 20.2 Å². The van der Waals surface area contributed by atoms with E-state index in [-0.39, 0.29) is 11.3 Å². The van der Waals surface area contributed by atoms with E-state index in [1.807, 2.05) is 27.7 Å². The summed E-state index contributed by atoms with van der Waals surface area (Å²) in [7, 11) is 0. The molecule has 10 heavy (non-hydrogen) atoms. The first kappa shape index (κ1) is 9.52. The molecular formula is C9H16O. The minimum atomic E-state index is -0.405. The maximum atomic E-state index is 9.51. The molecule has 1 nitrogen and oxygen atoms in total. The zero-order chi connectivity index (χ0) is 8.36. The lowest BCUT2D eigenvalue weighted by molar-refractivity contribution is 0.0368. The van der Waals surface area contributed by atoms with Crippen molar-refractivity contribution in [3.8, 4) is 12.3 Å². The average molecular weight is 140 g/mol. The van der Waals surface area contributed by atoms with Crippen molar-refractivity contribution in [3.05, 3.63) is 0 Å². The monoisotopic (exact) mass is 140 g/mol. The predicted octanol–water partition coefficient (Wildman–Crippen LogP) is 1.66. The Balaban J connectivity index is 4.11. The van der Waals surface area contributed by atoms with E-state index >= 15 is 0 Å². The molecule has 2 atom stereocenters. The van der Waals surface area contributed by atoms with Gasteiger partial charge in [0.15, 0.2) is 0 Å². The molecule has 0 aromatic rings. The van der Waals surface area contributed by atoms with Crippen LogP contribution in [0.25, 0.3) is 0 Å². The van der Waals surface area contributed by atoms with Gasteiger partial charge in [-0.25, -0.2) is 0 Å². The summed E-state index contributed by atoms with van der Waals surface area (Å²) in [5.74, 6) is 2.47. The molecule has 0 aromatic heterocycles. The second-order valence-corrected chi connectivity index (χ2v) is 3.77. The first-order chi connectivity index (χ1) is 4.39. The fourth-order valence-electron chi connectivity index (χ4n) is 0.841. The van der Waals surface area contributed by atoms with Crippen LogP contribution in [0.3, 0.4) is 0 Å². The molecule has 0 saturated carbocycles. The van der Waals surface area contributed by atoms with Crippen molar-refractivity contribution in [1.82, 2.24) is 0 Å². The van der Waals surface area contributed by atoms with Gasteiger partial charge in [-0.3, -0.25) is 0 Å². The average Bonchev–Trinajstić information content (AvgIpc) is 1.83. The second-order valence-electron chi connectivity index (χ2n) is 3.77. The van der Waals surface area contributed by atoms with E-state index in [2.05, 4.69) is 5.92 Å². The van der Waals surface area contributed by atoms with Gasteiger partial charge in [0.2, 0.25) is 0 Å². The molecule has 0 radical (unpaired) electrons. The van der Waals surface area contributed by atoms with Gasteiger partial charge < -0.3 is 5.11 Å². The Bertz CT molecular complexity index is 136. The molecule has 0 aliphatic carbocycles. The Kier molecular flexibility index (Phi) is 2.93. The van der Waals surface area contributed by atoms with Crippen molar-refractivity contribution in [2.45, 2.75) is 33.8 Å². The van der Waals surface area contributed by atoms with Crippen LogP contribution in [0, 0.1) is 23.7 Å². The van der Waals surface area contributed by atoms with Crippen molar-refractivity contribution >= 4 is 0 Å². The summed E-state index contributed by atoms with van der Waals surface area (Å²) in [6.07, 6.45) is 4.75. The Labute approximate surface area is 63.5 Å². The van der Waals surface area contributed by atoms with E-state index in [0.29, 0.717) is 0 Å². The normalized spacial score (nSPS) is 17.6. The molecule has 2 unspecified atom stereocenters. The van der Waals surface area contributed by atoms with Crippen molar-refractivity contribution in [3.63, 3.8) is 0 Å². The van der Waals surface area contributed by atoms with E-state index in [1.165, 1.54) is 0 Å². The van der Waals surface area contributed by atoms with E-state index < -0.39 is 6.10 Å². The molecule has 0 rings (SSSR count). The molecule has 0 bridgehead atoms. The third kappa shape index (κ3) is 2.41. The smallest absolute Gasteiger partial charge is 0.0722 e. The van der Waals surface area contributed by atoms with Crippen LogP contribution < -0.4 is 0 Å². The number of aliphatic hydroxyl groups excluding tert-OH is 1. The van der Waals surface area contributed by atoms with Gasteiger partial charge in [0.05, 0.1) is 6.10 Å². The van der Waals surface area contributed by atoms with E-state index in [1.54, 1.807) is 0 Å². The van der Waals surface area contributed by atoms with Crippen LogP contribution in [0.4, 0.5) is 0 Å². The highest BCUT2D eigenvalue weighted by Gasteiger charge is 2.25. The number of rotatable bonds is 1. The van der Waals surface area contributed by atoms with Crippen LogP contribution in [0.1, 0.15) is 27.7 Å². The summed E-state index contributed by atoms with van der Waals surface area (Å²) >= 11 is 0. The standard InChI is InChI=1S/C9H16O/c1-6-7(2)8(10)9(3,4)5/h1,7-8,10H,2-5H3. The summed E-state index contributed by atoms with van der Waals surface area (Å²) < 4.78 is 0. The summed E-state index contributed by atoms with van der Waals surface area (Å²) in [5.41, 5.74) is -0.105. The third-order valence-corrected chi connectivity index (χ3v) is 1.62. The molecular weight excluding hydrogens is 124 g/mol. The van der Waals surface area contributed by atoms with E-state index in [4.69, 9.17) is 6.42 Å². The molecule has 58 valence electrons. The fraction of sp³-hybridized carbons (Fsp3) is 0.778. The third-order valence-electron chi connectivity index (χ3n) is 1.62. The van der Waals surface area contributed by atoms with Gasteiger partial charge >= 0.3 is 0 Å². The van der Waals surface area contributed by atoms with Gasteiger partial charge in [-0.2, -0.15) is 0 Å². The summed E-state index contributed by atoms with van der Waals surface area (Å²) in [6.45, 7) is 7.79. The molecule has 0 heterocycles. The van der Waals surface area contributed by atoms with Crippen LogP contribution >= 0.6 is 0 Å². The Morgan fingerprint density at radius 1 is 1.40 bits per heavy atom. The number of hydrogen-bond donors (Lipinski definition) is 1. The molecule has 0 saturated heterocycles. The maximum absolute atomic E-state index is 9.51. The van der Waals surface area contributed by atoms with Crippen LogP contribution in [-0.4, -0.2) is 11.2 Å². The molecule has 0 aromatic carbocycles. The van der Waals surface area contributed by atoms with Crippen LogP contribution in [0.15, 0.2) is 0 Å². The highest BCUT2D eigenvalue weighted by atomic mass is 16.3. The van der Waals surface area contributed by atoms with Crippen LogP contribution in [0.5, 0.6) is 0 Å². The molecule has 0 aliphatic heterocycles. The minimum Gasteiger partial charge on any atom is -0.391 e. The Morgan fingerprint density at radius 2 is 1.80 bits per heavy atom. The summed E-state index contributed by atoms with van der Waals surface area (Å²) in [5, 5.41) is 9.51. The molecule has 0 spiro atoms. The largest absolute Gasteiger partial charge is 0.391 e. The SMILES string of the molecule is C#CC(C)C(O)C(C)(C)C. The fourth-order valence-corrected chi connectivity index (χ4v) is 0.841. The van der Waals surface area contributed by atoms with Crippen LogP contribution in [0.2, 0.25) is 0 Å². The molecule has 0 fully saturated rings. The second kappa shape index (κ2) is 3.07. The zero-order valence-corrected chi connectivity index (χ0v) is 7.18. The lowest BCUT2D eigenvalue weighted by Crippen LogP contribution is -2.31. The van der Waals surface area contributed by atoms with Gasteiger partial charge in [0.25, 0.3) is 0 Å². The van der Waals surface area contributed by atoms with Gasteiger partial charge in [0, 0.05) is 5.92 Å². The lowest BCUT2D eigenvalue weighted by atomic mass is 9.82. The van der Waals surface area contributed by atoms with Crippen LogP contribution in [-0.2, 0) is 0 Å². The summed E-state index contributed by atoms with van der Waals surface area (Å²) in [6, 6.07) is 0. The highest BCUT2D eigenvalue weighted by Crippen LogP contribution is 2.24. The lowest BCUT2D eigenvalue weighted by Gasteiger charge is -2.28. The van der Waals surface area contributed by atoms with E-state index in [0.717, 1.165) is 0 Å². The first-order valence-electron chi connectivity index (χ1n) is 3.53. The van der Waals surface area contributed by atoms with Gasteiger partial charge in [-0.15, -0.1) is 12.3 Å². The minimum absolute atomic E-state index is 0.0556. The Morgan fingerprint density at radius 3 is 1.90 bits per heavy atom. The molecule has 1 N–H and O–H groups in total. The van der Waals surface area contributed by atoms with Crippen molar-refractivity contribution in [2.75, 3.05) is 0 Å². The van der Waals surface area contributed by atoms with Crippen molar-refractivity contribution < 1.29 is 5.11 Å². The van der Waals surface area contributed by atoms with Crippen molar-refractivity contribution in [1.29, 1.82) is 0 Å². The summed E-state index contributed by atoms with van der Waals surface area (Å²) in [4.78, 5) is 0. The van der Waals surface area contributed by atoms with Gasteiger partial charge in [-0.05, 0) is 12.3 Å². The Hall–Kier alpha value is -0.480. The highest BCUT2D eigenvalue weighted by molar-refractivity contribution is 4.97. The first-order valence-corrected chi connectivity index (χ1v) is 3.53. The van der Waals surface area contributed by atoms with Crippen molar-refractivity contribution in [2.24, 2.45) is 11.3 Å². The molecule has 1 heteroatoms. The zero-order valence-electron chi connectivity index (χ0n) is 7.18. The molecule has 0 amide bonds. The molecule has 0 aliphatic rings. The number of terminal acetylenes is 1. The van der Waals surface area contributed by atoms with Gasteiger partial charge in [-0.1, -0.05) is 20.8 Å². The quantitative estimate of drug-likeness (QED) is 0.549. The van der Waals surface area contributed by atoms with E-state index in [9.17, 15) is 5.11 Å².